The molecule has 2 N–H and O–H groups in total. The Hall–Kier alpha value is -2.11. The summed E-state index contributed by atoms with van der Waals surface area (Å²) >= 11 is 0. The number of benzene rings is 2. The molecule has 0 saturated heterocycles. The van der Waals surface area contributed by atoms with Gasteiger partial charge < -0.3 is 10.4 Å². The fraction of sp³-hybridized carbons (Fsp3) is 0.250. The van der Waals surface area contributed by atoms with Crippen LogP contribution in [0.4, 0.5) is 5.69 Å². The summed E-state index contributed by atoms with van der Waals surface area (Å²) in [5, 5.41) is 24.3. The number of nitro benzene ring substituents is 1. The van der Waals surface area contributed by atoms with Crippen LogP contribution < -0.4 is 5.32 Å². The maximum Gasteiger partial charge on any atom is 0.310 e. The second kappa shape index (κ2) is 6.77. The van der Waals surface area contributed by atoms with E-state index in [1.807, 2.05) is 30.3 Å². The lowest BCUT2D eigenvalue weighted by atomic mass is 9.87. The summed E-state index contributed by atoms with van der Waals surface area (Å²) in [5.41, 5.74) is 2.82. The number of phenols is 1. The second-order valence-electron chi connectivity index (χ2n) is 5.21. The predicted molar refractivity (Wildman–Crippen MR) is 86.9 cm³/mol. The molecule has 0 amide bonds. The van der Waals surface area contributed by atoms with E-state index in [-0.39, 0.29) is 29.8 Å². The van der Waals surface area contributed by atoms with Gasteiger partial charge in [-0.2, -0.15) is 0 Å². The minimum atomic E-state index is -0.536. The molecule has 5 nitrogen and oxygen atoms in total. The van der Waals surface area contributed by atoms with Crippen LogP contribution in [-0.4, -0.2) is 23.1 Å². The molecule has 1 aliphatic rings. The van der Waals surface area contributed by atoms with E-state index in [2.05, 4.69) is 5.32 Å². The molecule has 0 aliphatic carbocycles. The standard InChI is InChI=1S/C16H16N2O3.ClH/c19-16-9-13-12(8-15(16)18(20)21)6-7-17-10-14(13)11-4-2-1-3-5-11;/h1-5,8-9,14,17,19H,6-7,10H2;1H. The Balaban J connectivity index is 0.00000176. The van der Waals surface area contributed by atoms with Crippen LogP contribution in [-0.2, 0) is 6.42 Å². The lowest BCUT2D eigenvalue weighted by Crippen LogP contribution is -2.20. The van der Waals surface area contributed by atoms with Gasteiger partial charge in [-0.25, -0.2) is 0 Å². The zero-order valence-electron chi connectivity index (χ0n) is 11.9. The minimum absolute atomic E-state index is 0. The van der Waals surface area contributed by atoms with Crippen LogP contribution in [0, 0.1) is 10.1 Å². The quantitative estimate of drug-likeness (QED) is 0.659. The molecular formula is C16H17ClN2O3. The number of nitro groups is 1. The molecule has 1 aliphatic heterocycles. The van der Waals surface area contributed by atoms with E-state index in [0.29, 0.717) is 0 Å². The van der Waals surface area contributed by atoms with Crippen LogP contribution in [0.5, 0.6) is 5.75 Å². The van der Waals surface area contributed by atoms with Gasteiger partial charge >= 0.3 is 5.69 Å². The van der Waals surface area contributed by atoms with E-state index in [0.717, 1.165) is 36.2 Å². The van der Waals surface area contributed by atoms with Crippen LogP contribution in [0.25, 0.3) is 0 Å². The van der Waals surface area contributed by atoms with E-state index >= 15 is 0 Å². The molecular weight excluding hydrogens is 304 g/mol. The highest BCUT2D eigenvalue weighted by atomic mass is 35.5. The molecule has 22 heavy (non-hydrogen) atoms. The molecule has 116 valence electrons. The van der Waals surface area contributed by atoms with Crippen molar-refractivity contribution in [1.82, 2.24) is 5.32 Å². The van der Waals surface area contributed by atoms with Crippen molar-refractivity contribution >= 4 is 18.1 Å². The first-order valence-electron chi connectivity index (χ1n) is 6.92. The Morgan fingerprint density at radius 3 is 2.64 bits per heavy atom. The van der Waals surface area contributed by atoms with Crippen molar-refractivity contribution in [3.8, 4) is 5.75 Å². The summed E-state index contributed by atoms with van der Waals surface area (Å²) in [4.78, 5) is 10.4. The number of nitrogens with zero attached hydrogens (tertiary/aromatic N) is 1. The van der Waals surface area contributed by atoms with Crippen molar-refractivity contribution in [3.05, 3.63) is 69.3 Å². The normalized spacial score (nSPS) is 17.0. The zero-order chi connectivity index (χ0) is 14.8. The lowest BCUT2D eigenvalue weighted by molar-refractivity contribution is -0.385. The first-order valence-corrected chi connectivity index (χ1v) is 6.92. The molecule has 0 fully saturated rings. The summed E-state index contributed by atoms with van der Waals surface area (Å²) in [6, 6.07) is 13.1. The average molecular weight is 321 g/mol. The molecule has 0 bridgehead atoms. The average Bonchev–Trinajstić information content (AvgIpc) is 2.69. The molecule has 1 atom stereocenters. The fourth-order valence-electron chi connectivity index (χ4n) is 2.89. The summed E-state index contributed by atoms with van der Waals surface area (Å²) in [5.74, 6) is -0.169. The largest absolute Gasteiger partial charge is 0.502 e. The van der Waals surface area contributed by atoms with Gasteiger partial charge in [0, 0.05) is 18.5 Å². The molecule has 2 aromatic carbocycles. The van der Waals surface area contributed by atoms with Crippen LogP contribution >= 0.6 is 12.4 Å². The van der Waals surface area contributed by atoms with E-state index < -0.39 is 4.92 Å². The number of hydrogen-bond donors (Lipinski definition) is 2. The molecule has 1 unspecified atom stereocenters. The van der Waals surface area contributed by atoms with Crippen LogP contribution in [0.1, 0.15) is 22.6 Å². The molecule has 0 saturated carbocycles. The summed E-state index contributed by atoms with van der Waals surface area (Å²) in [6.07, 6.45) is 0.722. The van der Waals surface area contributed by atoms with E-state index in [4.69, 9.17) is 0 Å². The third kappa shape index (κ3) is 3.05. The summed E-state index contributed by atoms with van der Waals surface area (Å²) in [6.45, 7) is 1.53. The highest BCUT2D eigenvalue weighted by Gasteiger charge is 2.25. The lowest BCUT2D eigenvalue weighted by Gasteiger charge is -2.18. The van der Waals surface area contributed by atoms with Crippen molar-refractivity contribution in [1.29, 1.82) is 0 Å². The fourth-order valence-corrected chi connectivity index (χ4v) is 2.89. The molecule has 3 rings (SSSR count). The monoisotopic (exact) mass is 320 g/mol. The summed E-state index contributed by atoms with van der Waals surface area (Å²) < 4.78 is 0. The number of nitrogens with one attached hydrogen (secondary N) is 1. The van der Waals surface area contributed by atoms with Gasteiger partial charge in [0.15, 0.2) is 5.75 Å². The first kappa shape index (κ1) is 16.3. The smallest absolute Gasteiger partial charge is 0.310 e. The van der Waals surface area contributed by atoms with E-state index in [9.17, 15) is 15.2 Å². The molecule has 0 spiro atoms. The topological polar surface area (TPSA) is 75.4 Å². The van der Waals surface area contributed by atoms with Crippen molar-refractivity contribution in [2.45, 2.75) is 12.3 Å². The van der Waals surface area contributed by atoms with Crippen molar-refractivity contribution in [2.24, 2.45) is 0 Å². The van der Waals surface area contributed by atoms with Gasteiger partial charge in [-0.3, -0.25) is 10.1 Å². The van der Waals surface area contributed by atoms with Gasteiger partial charge in [0.25, 0.3) is 0 Å². The van der Waals surface area contributed by atoms with Gasteiger partial charge in [-0.15, -0.1) is 12.4 Å². The van der Waals surface area contributed by atoms with Crippen LogP contribution in [0.2, 0.25) is 0 Å². The number of halogens is 1. The molecule has 2 aromatic rings. The van der Waals surface area contributed by atoms with Crippen molar-refractivity contribution < 1.29 is 10.0 Å². The minimum Gasteiger partial charge on any atom is -0.502 e. The third-order valence-electron chi connectivity index (χ3n) is 3.93. The van der Waals surface area contributed by atoms with Crippen LogP contribution in [0.15, 0.2) is 42.5 Å². The molecule has 6 heteroatoms. The van der Waals surface area contributed by atoms with Crippen molar-refractivity contribution in [3.63, 3.8) is 0 Å². The van der Waals surface area contributed by atoms with Gasteiger partial charge in [0.05, 0.1) is 4.92 Å². The van der Waals surface area contributed by atoms with Crippen LogP contribution in [0.3, 0.4) is 0 Å². The maximum atomic E-state index is 11.0. The Morgan fingerprint density at radius 1 is 1.23 bits per heavy atom. The highest BCUT2D eigenvalue weighted by Crippen LogP contribution is 2.36. The Morgan fingerprint density at radius 2 is 1.95 bits per heavy atom. The number of aromatic hydroxyl groups is 1. The maximum absolute atomic E-state index is 11.0. The van der Waals surface area contributed by atoms with Gasteiger partial charge in [0.1, 0.15) is 0 Å². The van der Waals surface area contributed by atoms with Gasteiger partial charge in [0.2, 0.25) is 0 Å². The number of rotatable bonds is 2. The third-order valence-corrected chi connectivity index (χ3v) is 3.93. The Kier molecular flexibility index (Phi) is 5.00. The Bertz CT molecular complexity index is 677. The molecule has 0 aromatic heterocycles. The number of phenolic OH excluding ortho intramolecular Hbond substituents is 1. The van der Waals surface area contributed by atoms with Gasteiger partial charge in [-0.05, 0) is 35.7 Å². The predicted octanol–water partition coefficient (Wildman–Crippen LogP) is 3.00. The molecule has 1 heterocycles. The zero-order valence-corrected chi connectivity index (χ0v) is 12.7. The van der Waals surface area contributed by atoms with Crippen molar-refractivity contribution in [2.75, 3.05) is 13.1 Å². The number of hydrogen-bond acceptors (Lipinski definition) is 4. The summed E-state index contributed by atoms with van der Waals surface area (Å²) in [7, 11) is 0. The SMILES string of the molecule is Cl.O=[N+]([O-])c1cc2c(cc1O)C(c1ccccc1)CNCC2. The van der Waals surface area contributed by atoms with E-state index in [1.165, 1.54) is 6.07 Å². The van der Waals surface area contributed by atoms with E-state index in [1.54, 1.807) is 6.07 Å². The second-order valence-corrected chi connectivity index (χ2v) is 5.21. The Labute approximate surface area is 134 Å². The first-order chi connectivity index (χ1) is 10.2. The van der Waals surface area contributed by atoms with Gasteiger partial charge in [-0.1, -0.05) is 30.3 Å². The number of fused-ring (bicyclic) bond motifs is 1. The molecule has 0 radical (unpaired) electrons. The highest BCUT2D eigenvalue weighted by molar-refractivity contribution is 5.85.